The molecule has 2 aliphatic heterocycles. The average molecular weight is 558 g/mol. The van der Waals surface area contributed by atoms with Crippen LogP contribution in [-0.4, -0.2) is 57.4 Å². The molecule has 2 aromatic heterocycles. The van der Waals surface area contributed by atoms with Gasteiger partial charge in [0.25, 0.3) is 0 Å². The predicted octanol–water partition coefficient (Wildman–Crippen LogP) is 6.27. The molecule has 2 aliphatic rings. The first-order chi connectivity index (χ1) is 19.7. The van der Waals surface area contributed by atoms with E-state index in [1.165, 1.54) is 29.8 Å². The van der Waals surface area contributed by atoms with Gasteiger partial charge < -0.3 is 15.0 Å². The molecule has 0 radical (unpaired) electrons. The summed E-state index contributed by atoms with van der Waals surface area (Å²) < 4.78 is 7.81. The number of hydrogen-bond acceptors (Lipinski definition) is 6. The molecular weight excluding hydrogens is 510 g/mol. The lowest BCUT2D eigenvalue weighted by Crippen LogP contribution is -2.30. The maximum atomic E-state index is 13.0. The molecule has 1 saturated heterocycles. The SMILES string of the molecule is CCc1cc(C)nn1-c1cccc(C(CC(=O)OC(C)(C)C)CN2CC[C@@H](CCc3ccc4c(n3)NCCC4)C2)c1. The van der Waals surface area contributed by atoms with E-state index < -0.39 is 5.60 Å². The van der Waals surface area contributed by atoms with Crippen LogP contribution in [0.15, 0.2) is 42.5 Å². The summed E-state index contributed by atoms with van der Waals surface area (Å²) in [5, 5.41) is 8.21. The molecule has 1 aromatic carbocycles. The third-order valence-corrected chi connectivity index (χ3v) is 8.30. The number of esters is 1. The van der Waals surface area contributed by atoms with Crippen LogP contribution in [-0.2, 0) is 28.8 Å². The van der Waals surface area contributed by atoms with E-state index in [0.717, 1.165) is 74.6 Å². The van der Waals surface area contributed by atoms with Crippen molar-refractivity contribution in [3.05, 3.63) is 70.7 Å². The molecule has 41 heavy (non-hydrogen) atoms. The molecule has 4 heterocycles. The van der Waals surface area contributed by atoms with Crippen molar-refractivity contribution in [1.82, 2.24) is 19.7 Å². The zero-order valence-corrected chi connectivity index (χ0v) is 25.6. The third-order valence-electron chi connectivity index (χ3n) is 8.30. The number of hydrogen-bond donors (Lipinski definition) is 1. The van der Waals surface area contributed by atoms with Crippen LogP contribution in [0.2, 0.25) is 0 Å². The third kappa shape index (κ3) is 7.76. The monoisotopic (exact) mass is 557 g/mol. The minimum atomic E-state index is -0.495. The maximum Gasteiger partial charge on any atom is 0.306 e. The lowest BCUT2D eigenvalue weighted by molar-refractivity contribution is -0.155. The first-order valence-electron chi connectivity index (χ1n) is 15.5. The molecule has 220 valence electrons. The lowest BCUT2D eigenvalue weighted by Gasteiger charge is -2.26. The van der Waals surface area contributed by atoms with E-state index in [4.69, 9.17) is 14.8 Å². The van der Waals surface area contributed by atoms with Gasteiger partial charge in [-0.15, -0.1) is 0 Å². The van der Waals surface area contributed by atoms with E-state index in [1.807, 2.05) is 32.4 Å². The highest BCUT2D eigenvalue weighted by atomic mass is 16.6. The smallest absolute Gasteiger partial charge is 0.306 e. The summed E-state index contributed by atoms with van der Waals surface area (Å²) in [6, 6.07) is 15.2. The largest absolute Gasteiger partial charge is 0.460 e. The fourth-order valence-electron chi connectivity index (χ4n) is 6.30. The van der Waals surface area contributed by atoms with E-state index in [2.05, 4.69) is 59.6 Å². The second-order valence-corrected chi connectivity index (χ2v) is 12.9. The standard InChI is InChI=1S/C34H47N5O2/c1-6-30-19-24(2)37-39(30)31-11-7-9-27(20-31)28(21-32(40)41-34(3,4)5)23-38-18-16-25(22-38)12-14-29-15-13-26-10-8-17-35-33(26)36-29/h7,9,11,13,15,19-20,25,28H,6,8,10,12,14,16-18,21-23H2,1-5H3,(H,35,36)/t25-,28?/m1/s1. The quantitative estimate of drug-likeness (QED) is 0.297. The van der Waals surface area contributed by atoms with Crippen LogP contribution in [0.3, 0.4) is 0 Å². The fourth-order valence-corrected chi connectivity index (χ4v) is 6.30. The van der Waals surface area contributed by atoms with Crippen LogP contribution in [0.5, 0.6) is 0 Å². The summed E-state index contributed by atoms with van der Waals surface area (Å²) in [5.41, 5.74) is 6.46. The topological polar surface area (TPSA) is 72.3 Å². The number of nitrogens with one attached hydrogen (secondary N) is 1. The van der Waals surface area contributed by atoms with Crippen LogP contribution >= 0.6 is 0 Å². The van der Waals surface area contributed by atoms with Crippen LogP contribution in [0.1, 0.15) is 87.5 Å². The molecule has 5 rings (SSSR count). The molecule has 7 nitrogen and oxygen atoms in total. The Morgan fingerprint density at radius 2 is 2.05 bits per heavy atom. The molecule has 0 spiro atoms. The van der Waals surface area contributed by atoms with Gasteiger partial charge in [0.1, 0.15) is 11.4 Å². The number of benzene rings is 1. The summed E-state index contributed by atoms with van der Waals surface area (Å²) in [4.78, 5) is 20.5. The number of nitrogens with zero attached hydrogens (tertiary/aromatic N) is 4. The van der Waals surface area contributed by atoms with E-state index in [9.17, 15) is 4.79 Å². The summed E-state index contributed by atoms with van der Waals surface area (Å²) >= 11 is 0. The van der Waals surface area contributed by atoms with Gasteiger partial charge in [-0.3, -0.25) is 4.79 Å². The number of aryl methyl sites for hydroxylation is 4. The fraction of sp³-hybridized carbons (Fsp3) is 0.559. The Kier molecular flexibility index (Phi) is 9.12. The van der Waals surface area contributed by atoms with Gasteiger partial charge in [-0.25, -0.2) is 9.67 Å². The van der Waals surface area contributed by atoms with Crippen LogP contribution in [0, 0.1) is 12.8 Å². The van der Waals surface area contributed by atoms with Gasteiger partial charge in [0.05, 0.1) is 17.8 Å². The number of aromatic nitrogens is 3. The van der Waals surface area contributed by atoms with Gasteiger partial charge in [0.15, 0.2) is 0 Å². The molecule has 0 aliphatic carbocycles. The molecule has 1 N–H and O–H groups in total. The number of likely N-dealkylation sites (tertiary alicyclic amines) is 1. The first-order valence-corrected chi connectivity index (χ1v) is 15.5. The average Bonchev–Trinajstić information content (AvgIpc) is 3.56. The molecule has 1 fully saturated rings. The number of carbonyl (C=O) groups is 1. The Hall–Kier alpha value is -3.19. The number of rotatable bonds is 10. The predicted molar refractivity (Wildman–Crippen MR) is 165 cm³/mol. The minimum Gasteiger partial charge on any atom is -0.460 e. The van der Waals surface area contributed by atoms with Crippen LogP contribution in [0.25, 0.3) is 5.69 Å². The van der Waals surface area contributed by atoms with Crippen LogP contribution < -0.4 is 5.32 Å². The second kappa shape index (κ2) is 12.8. The van der Waals surface area contributed by atoms with Gasteiger partial charge in [-0.05, 0) is 114 Å². The highest BCUT2D eigenvalue weighted by molar-refractivity contribution is 5.71. The minimum absolute atomic E-state index is 0.0543. The zero-order chi connectivity index (χ0) is 29.0. The highest BCUT2D eigenvalue weighted by Gasteiger charge is 2.28. The summed E-state index contributed by atoms with van der Waals surface area (Å²) in [5.74, 6) is 1.65. The Bertz CT molecular complexity index is 1340. The molecule has 3 aromatic rings. The van der Waals surface area contributed by atoms with Crippen molar-refractivity contribution < 1.29 is 9.53 Å². The zero-order valence-electron chi connectivity index (χ0n) is 25.6. The van der Waals surface area contributed by atoms with Gasteiger partial charge in [0, 0.05) is 36.9 Å². The molecular formula is C34H47N5O2. The first kappa shape index (κ1) is 29.3. The number of ether oxygens (including phenoxy) is 1. The second-order valence-electron chi connectivity index (χ2n) is 12.9. The normalized spacial score (nSPS) is 18.1. The molecule has 0 bridgehead atoms. The van der Waals surface area contributed by atoms with Crippen molar-refractivity contribution in [3.8, 4) is 5.69 Å². The Morgan fingerprint density at radius 1 is 1.20 bits per heavy atom. The molecule has 2 atom stereocenters. The number of anilines is 1. The lowest BCUT2D eigenvalue weighted by atomic mass is 9.94. The number of fused-ring (bicyclic) bond motifs is 1. The van der Waals surface area contributed by atoms with Gasteiger partial charge in [0.2, 0.25) is 0 Å². The van der Waals surface area contributed by atoms with E-state index in [-0.39, 0.29) is 11.9 Å². The van der Waals surface area contributed by atoms with E-state index in [1.54, 1.807) is 0 Å². The van der Waals surface area contributed by atoms with E-state index >= 15 is 0 Å². The Morgan fingerprint density at radius 3 is 2.85 bits per heavy atom. The molecule has 0 saturated carbocycles. The maximum absolute atomic E-state index is 13.0. The van der Waals surface area contributed by atoms with Crippen molar-refractivity contribution >= 4 is 11.8 Å². The van der Waals surface area contributed by atoms with Crippen molar-refractivity contribution in [2.75, 3.05) is 31.5 Å². The molecule has 0 amide bonds. The number of pyridine rings is 1. The summed E-state index contributed by atoms with van der Waals surface area (Å²) in [7, 11) is 0. The summed E-state index contributed by atoms with van der Waals surface area (Å²) in [6.45, 7) is 14.0. The Balaban J connectivity index is 1.26. The van der Waals surface area contributed by atoms with Gasteiger partial charge in [-0.1, -0.05) is 25.1 Å². The molecule has 7 heteroatoms. The van der Waals surface area contributed by atoms with Gasteiger partial charge >= 0.3 is 5.97 Å². The van der Waals surface area contributed by atoms with Crippen molar-refractivity contribution in [2.45, 2.75) is 91.1 Å². The van der Waals surface area contributed by atoms with Crippen LogP contribution in [0.4, 0.5) is 5.82 Å². The highest BCUT2D eigenvalue weighted by Crippen LogP contribution is 2.30. The molecule has 1 unspecified atom stereocenters. The summed E-state index contributed by atoms with van der Waals surface area (Å²) in [6.07, 6.45) is 6.95. The van der Waals surface area contributed by atoms with Crippen molar-refractivity contribution in [1.29, 1.82) is 0 Å². The van der Waals surface area contributed by atoms with Crippen molar-refractivity contribution in [2.24, 2.45) is 5.92 Å². The van der Waals surface area contributed by atoms with Gasteiger partial charge in [-0.2, -0.15) is 5.10 Å². The van der Waals surface area contributed by atoms with E-state index in [0.29, 0.717) is 12.3 Å². The van der Waals surface area contributed by atoms with Crippen molar-refractivity contribution in [3.63, 3.8) is 0 Å². The Labute approximate surface area is 245 Å². The number of carbonyl (C=O) groups excluding carboxylic acids is 1.